The van der Waals surface area contributed by atoms with Gasteiger partial charge < -0.3 is 28.1 Å². The number of nitrogens with one attached hydrogen (secondary N) is 1. The van der Waals surface area contributed by atoms with Crippen LogP contribution in [0.2, 0.25) is 0 Å². The molecule has 248 valence electrons. The van der Waals surface area contributed by atoms with Crippen LogP contribution in [0.3, 0.4) is 0 Å². The number of likely N-dealkylation sites (N-methyl/N-ethyl adjacent to an activating group) is 2. The molecule has 0 radical (unpaired) electrons. The van der Waals surface area contributed by atoms with Crippen molar-refractivity contribution in [1.29, 1.82) is 0 Å². The third-order valence-electron chi connectivity index (χ3n) is 10.2. The SMILES string of the molecule is COc1cc2c3cc1Oc1c(OC)c(OC)cc4c1[C@H](Cc1ccc(cc1)Oc1cc(cc5[nH]c(=O)oc15)C[C@H]3N(C)CC2)N(C)CC4. The summed E-state index contributed by atoms with van der Waals surface area (Å²) in [6, 6.07) is 18.4. The van der Waals surface area contributed by atoms with Gasteiger partial charge in [0.05, 0.1) is 26.8 Å². The van der Waals surface area contributed by atoms with Crippen LogP contribution in [0.1, 0.15) is 45.5 Å². The molecule has 4 aliphatic heterocycles. The van der Waals surface area contributed by atoms with Crippen LogP contribution in [0.25, 0.3) is 11.1 Å². The van der Waals surface area contributed by atoms with E-state index >= 15 is 0 Å². The third kappa shape index (κ3) is 5.16. The van der Waals surface area contributed by atoms with Crippen LogP contribution in [0.5, 0.6) is 40.2 Å². The number of hydrogen-bond donors (Lipinski definition) is 1. The zero-order valence-electron chi connectivity index (χ0n) is 27.8. The highest BCUT2D eigenvalue weighted by molar-refractivity contribution is 5.80. The van der Waals surface area contributed by atoms with Crippen LogP contribution in [0.15, 0.2) is 63.8 Å². The Kier molecular flexibility index (Phi) is 7.57. The summed E-state index contributed by atoms with van der Waals surface area (Å²) in [5.74, 6) is 3.75. The highest BCUT2D eigenvalue weighted by Gasteiger charge is 2.34. The molecule has 10 nitrogen and oxygen atoms in total. The predicted molar refractivity (Wildman–Crippen MR) is 182 cm³/mol. The fourth-order valence-corrected chi connectivity index (χ4v) is 7.63. The van der Waals surface area contributed by atoms with E-state index in [1.165, 1.54) is 11.1 Å². The van der Waals surface area contributed by atoms with Crippen molar-refractivity contribution in [3.8, 4) is 40.2 Å². The van der Waals surface area contributed by atoms with Crippen molar-refractivity contribution >= 4 is 11.1 Å². The minimum atomic E-state index is -0.516. The number of ether oxygens (including phenoxy) is 5. The monoisotopic (exact) mass is 649 g/mol. The number of nitrogens with zero attached hydrogens (tertiary/aromatic N) is 2. The van der Waals surface area contributed by atoms with E-state index in [4.69, 9.17) is 28.1 Å². The van der Waals surface area contributed by atoms with Crippen molar-refractivity contribution in [3.63, 3.8) is 0 Å². The molecule has 10 heteroatoms. The second kappa shape index (κ2) is 11.9. The topological polar surface area (TPSA) is 98.6 Å². The molecule has 2 atom stereocenters. The van der Waals surface area contributed by atoms with E-state index in [9.17, 15) is 4.79 Å². The summed E-state index contributed by atoms with van der Waals surface area (Å²) in [5, 5.41) is 0. The molecule has 1 aromatic heterocycles. The predicted octanol–water partition coefficient (Wildman–Crippen LogP) is 6.59. The van der Waals surface area contributed by atoms with Crippen molar-refractivity contribution in [2.45, 2.75) is 37.8 Å². The number of fused-ring (bicyclic) bond motifs is 3. The molecule has 0 unspecified atom stereocenters. The van der Waals surface area contributed by atoms with Crippen molar-refractivity contribution in [2.24, 2.45) is 0 Å². The second-order valence-electron chi connectivity index (χ2n) is 13.0. The minimum Gasteiger partial charge on any atom is -0.493 e. The molecule has 6 bridgehead atoms. The smallest absolute Gasteiger partial charge is 0.417 e. The van der Waals surface area contributed by atoms with Gasteiger partial charge in [0, 0.05) is 30.7 Å². The Hall–Kier alpha value is -4.93. The Morgan fingerprint density at radius 3 is 2.21 bits per heavy atom. The summed E-state index contributed by atoms with van der Waals surface area (Å²) in [6.45, 7) is 1.77. The molecule has 0 aliphatic carbocycles. The maximum Gasteiger partial charge on any atom is 0.417 e. The number of H-pyrrole nitrogens is 1. The van der Waals surface area contributed by atoms with E-state index in [1.54, 1.807) is 21.3 Å². The molecule has 1 N–H and O–H groups in total. The van der Waals surface area contributed by atoms with Crippen molar-refractivity contribution in [1.82, 2.24) is 14.8 Å². The first-order valence-electron chi connectivity index (χ1n) is 16.3. The summed E-state index contributed by atoms with van der Waals surface area (Å²) in [5.41, 5.74) is 7.76. The molecule has 4 aromatic carbocycles. The summed E-state index contributed by atoms with van der Waals surface area (Å²) in [6.07, 6.45) is 3.12. The molecule has 48 heavy (non-hydrogen) atoms. The average molecular weight is 650 g/mol. The van der Waals surface area contributed by atoms with Gasteiger partial charge in [-0.3, -0.25) is 14.8 Å². The Balaban J connectivity index is 1.37. The fourth-order valence-electron chi connectivity index (χ4n) is 7.63. The lowest BCUT2D eigenvalue weighted by Crippen LogP contribution is -2.34. The number of rotatable bonds is 3. The number of oxazole rings is 1. The van der Waals surface area contributed by atoms with Gasteiger partial charge in [-0.2, -0.15) is 0 Å². The van der Waals surface area contributed by atoms with Gasteiger partial charge in [0.15, 0.2) is 34.3 Å². The number of aromatic amines is 1. The van der Waals surface area contributed by atoms with Crippen LogP contribution in [-0.2, 0) is 25.7 Å². The average Bonchev–Trinajstić information content (AvgIpc) is 3.47. The van der Waals surface area contributed by atoms with Gasteiger partial charge >= 0.3 is 5.76 Å². The Labute approximate surface area is 278 Å². The first-order chi connectivity index (χ1) is 23.3. The largest absolute Gasteiger partial charge is 0.493 e. The van der Waals surface area contributed by atoms with Crippen molar-refractivity contribution in [3.05, 3.63) is 98.5 Å². The zero-order valence-corrected chi connectivity index (χ0v) is 27.8. The summed E-state index contributed by atoms with van der Waals surface area (Å²) >= 11 is 0. The van der Waals surface area contributed by atoms with Crippen LogP contribution in [0.4, 0.5) is 0 Å². The lowest BCUT2D eigenvalue weighted by molar-refractivity contribution is 0.220. The Morgan fingerprint density at radius 1 is 0.750 bits per heavy atom. The van der Waals surface area contributed by atoms with Gasteiger partial charge in [0.25, 0.3) is 0 Å². The minimum absolute atomic E-state index is 0.00199. The number of aromatic nitrogens is 1. The Morgan fingerprint density at radius 2 is 1.46 bits per heavy atom. The third-order valence-corrected chi connectivity index (χ3v) is 10.2. The van der Waals surface area contributed by atoms with E-state index < -0.39 is 5.76 Å². The van der Waals surface area contributed by atoms with E-state index in [2.05, 4.69) is 59.2 Å². The highest BCUT2D eigenvalue weighted by Crippen LogP contribution is 2.51. The number of methoxy groups -OCH3 is 3. The van der Waals surface area contributed by atoms with Gasteiger partial charge in [-0.1, -0.05) is 12.1 Å². The van der Waals surface area contributed by atoms with E-state index in [-0.39, 0.29) is 12.1 Å². The van der Waals surface area contributed by atoms with Gasteiger partial charge in [-0.15, -0.1) is 0 Å². The molecular weight excluding hydrogens is 610 g/mol. The van der Waals surface area contributed by atoms with Gasteiger partial charge in [-0.05, 0) is 110 Å². The van der Waals surface area contributed by atoms with Crippen LogP contribution in [0, 0.1) is 0 Å². The van der Waals surface area contributed by atoms with Crippen LogP contribution < -0.4 is 29.4 Å². The fraction of sp³-hybridized carbons (Fsp3) is 0.342. The molecule has 5 heterocycles. The second-order valence-corrected chi connectivity index (χ2v) is 13.0. The van der Waals surface area contributed by atoms with Crippen molar-refractivity contribution < 1.29 is 28.1 Å². The molecule has 0 fully saturated rings. The quantitative estimate of drug-likeness (QED) is 0.232. The summed E-state index contributed by atoms with van der Waals surface area (Å²) < 4.78 is 36.9. The molecule has 5 aromatic rings. The molecule has 4 aliphatic rings. The number of benzene rings is 4. The van der Waals surface area contributed by atoms with Gasteiger partial charge in [0.1, 0.15) is 5.75 Å². The molecule has 0 saturated heterocycles. The van der Waals surface area contributed by atoms with E-state index in [1.807, 2.05) is 24.3 Å². The maximum absolute atomic E-state index is 12.3. The maximum atomic E-state index is 12.3. The molecular formula is C38H39N3O7. The van der Waals surface area contributed by atoms with Crippen LogP contribution >= 0.6 is 0 Å². The van der Waals surface area contributed by atoms with E-state index in [0.717, 1.165) is 54.6 Å². The molecule has 0 spiro atoms. The first-order valence-corrected chi connectivity index (χ1v) is 16.3. The highest BCUT2D eigenvalue weighted by atomic mass is 16.5. The van der Waals surface area contributed by atoms with Crippen LogP contribution in [-0.4, -0.2) is 63.3 Å². The standard InChI is InChI=1S/C38H39N3O7/c1-40-12-10-23-18-30(43-3)31-20-26(23)28(40)16-22-14-27-35(48-38(42)39-27)33(17-22)46-25-8-6-21(7-9-25)15-29-34-24(11-13-41(29)2)19-32(44-4)36(45-5)37(34)47-31/h6-9,14,17-20,28-29H,10-13,15-16H2,1-5H3,(H,39,42)/t28-,29+/m1/s1. The zero-order chi connectivity index (χ0) is 33.1. The summed E-state index contributed by atoms with van der Waals surface area (Å²) in [4.78, 5) is 19.9. The first kappa shape index (κ1) is 30.4. The van der Waals surface area contributed by atoms with E-state index in [0.29, 0.717) is 57.8 Å². The Bertz CT molecular complexity index is 2080. The molecule has 0 saturated carbocycles. The molecule has 9 rings (SSSR count). The van der Waals surface area contributed by atoms with Gasteiger partial charge in [-0.25, -0.2) is 4.79 Å². The molecule has 0 amide bonds. The lowest BCUT2D eigenvalue weighted by Gasteiger charge is -2.37. The number of hydrogen-bond acceptors (Lipinski definition) is 9. The normalized spacial score (nSPS) is 19.1. The lowest BCUT2D eigenvalue weighted by atomic mass is 9.87. The van der Waals surface area contributed by atoms with Gasteiger partial charge in [0.2, 0.25) is 5.75 Å². The summed E-state index contributed by atoms with van der Waals surface area (Å²) in [7, 11) is 9.30. The van der Waals surface area contributed by atoms with Crippen molar-refractivity contribution in [2.75, 3.05) is 48.5 Å².